The van der Waals surface area contributed by atoms with Crippen molar-refractivity contribution in [2.75, 3.05) is 26.7 Å². The minimum absolute atomic E-state index is 0.427. The Labute approximate surface area is 112 Å². The van der Waals surface area contributed by atoms with E-state index < -0.39 is 0 Å². The Morgan fingerprint density at radius 3 is 2.56 bits per heavy atom. The monoisotopic (exact) mass is 255 g/mol. The molecule has 2 aliphatic heterocycles. The third-order valence-corrected chi connectivity index (χ3v) is 4.39. The second-order valence-electron chi connectivity index (χ2n) is 6.10. The van der Waals surface area contributed by atoms with E-state index in [2.05, 4.69) is 43.1 Å². The minimum atomic E-state index is 0.427. The first-order valence-corrected chi connectivity index (χ1v) is 7.45. The summed E-state index contributed by atoms with van der Waals surface area (Å²) in [6, 6.07) is 1.83. The smallest absolute Gasteiger partial charge is 0.0821 e. The number of hydrogen-bond acceptors (Lipinski definition) is 4. The van der Waals surface area contributed by atoms with Gasteiger partial charge in [0.05, 0.1) is 6.10 Å². The summed E-state index contributed by atoms with van der Waals surface area (Å²) in [5.74, 6) is 0. The fourth-order valence-electron chi connectivity index (χ4n) is 3.06. The zero-order valence-electron chi connectivity index (χ0n) is 12.4. The van der Waals surface area contributed by atoms with Crippen LogP contribution < -0.4 is 5.32 Å². The molecule has 18 heavy (non-hydrogen) atoms. The van der Waals surface area contributed by atoms with Crippen LogP contribution in [0.1, 0.15) is 40.0 Å². The van der Waals surface area contributed by atoms with E-state index >= 15 is 0 Å². The number of rotatable bonds is 5. The van der Waals surface area contributed by atoms with Gasteiger partial charge in [0.1, 0.15) is 0 Å². The molecule has 2 fully saturated rings. The third-order valence-electron chi connectivity index (χ3n) is 4.39. The van der Waals surface area contributed by atoms with Crippen LogP contribution in [0.15, 0.2) is 0 Å². The van der Waals surface area contributed by atoms with Crippen molar-refractivity contribution in [3.63, 3.8) is 0 Å². The predicted octanol–water partition coefficient (Wildman–Crippen LogP) is 1.47. The largest absolute Gasteiger partial charge is 0.316 e. The van der Waals surface area contributed by atoms with Crippen LogP contribution in [0.3, 0.4) is 0 Å². The van der Waals surface area contributed by atoms with Crippen molar-refractivity contribution in [2.45, 2.75) is 64.3 Å². The lowest BCUT2D eigenvalue weighted by molar-refractivity contribution is -0.168. The molecule has 2 heterocycles. The molecule has 0 aliphatic carbocycles. The summed E-state index contributed by atoms with van der Waals surface area (Å²) in [6.45, 7) is 10.3. The van der Waals surface area contributed by atoms with Crippen LogP contribution in [0.4, 0.5) is 0 Å². The van der Waals surface area contributed by atoms with Crippen molar-refractivity contribution in [1.82, 2.24) is 15.3 Å². The molecule has 3 unspecified atom stereocenters. The molecule has 0 aromatic rings. The Kier molecular flexibility index (Phi) is 5.01. The number of hydrogen-bond donors (Lipinski definition) is 1. The van der Waals surface area contributed by atoms with Crippen LogP contribution in [-0.2, 0) is 4.84 Å². The van der Waals surface area contributed by atoms with E-state index in [0.29, 0.717) is 24.2 Å². The van der Waals surface area contributed by atoms with Gasteiger partial charge in [-0.25, -0.2) is 0 Å². The van der Waals surface area contributed by atoms with Gasteiger partial charge in [-0.15, -0.1) is 0 Å². The van der Waals surface area contributed by atoms with Gasteiger partial charge in [0, 0.05) is 37.8 Å². The van der Waals surface area contributed by atoms with Crippen LogP contribution in [0, 0.1) is 0 Å². The Morgan fingerprint density at radius 2 is 2.00 bits per heavy atom. The van der Waals surface area contributed by atoms with Crippen LogP contribution in [0.2, 0.25) is 0 Å². The topological polar surface area (TPSA) is 27.7 Å². The summed E-state index contributed by atoms with van der Waals surface area (Å²) >= 11 is 0. The second kappa shape index (κ2) is 6.33. The quantitative estimate of drug-likeness (QED) is 0.805. The molecule has 1 N–H and O–H groups in total. The van der Waals surface area contributed by atoms with Crippen molar-refractivity contribution < 1.29 is 4.84 Å². The van der Waals surface area contributed by atoms with Crippen LogP contribution in [0.25, 0.3) is 0 Å². The molecule has 0 amide bonds. The van der Waals surface area contributed by atoms with Gasteiger partial charge in [0.2, 0.25) is 0 Å². The van der Waals surface area contributed by atoms with E-state index in [1.807, 2.05) is 0 Å². The summed E-state index contributed by atoms with van der Waals surface area (Å²) in [7, 11) is 2.07. The molecule has 4 nitrogen and oxygen atoms in total. The lowest BCUT2D eigenvalue weighted by Crippen LogP contribution is -2.37. The second-order valence-corrected chi connectivity index (χ2v) is 6.10. The third kappa shape index (κ3) is 3.44. The molecule has 2 aliphatic rings. The molecule has 2 saturated heterocycles. The van der Waals surface area contributed by atoms with Crippen molar-refractivity contribution in [3.8, 4) is 0 Å². The van der Waals surface area contributed by atoms with Gasteiger partial charge >= 0.3 is 0 Å². The highest BCUT2D eigenvalue weighted by Gasteiger charge is 2.30. The Hall–Kier alpha value is -0.160. The van der Waals surface area contributed by atoms with E-state index in [4.69, 9.17) is 4.84 Å². The normalized spacial score (nSPS) is 32.5. The highest BCUT2D eigenvalue weighted by molar-refractivity contribution is 4.84. The number of nitrogens with zero attached hydrogens (tertiary/aromatic N) is 2. The lowest BCUT2D eigenvalue weighted by atomic mass is 10.1. The summed E-state index contributed by atoms with van der Waals surface area (Å²) in [4.78, 5) is 8.60. The number of hydroxylamine groups is 2. The van der Waals surface area contributed by atoms with Crippen LogP contribution in [-0.4, -0.2) is 60.9 Å². The maximum absolute atomic E-state index is 6.00. The molecule has 3 atom stereocenters. The molecule has 4 heteroatoms. The van der Waals surface area contributed by atoms with Gasteiger partial charge in [-0.2, -0.15) is 5.06 Å². The first kappa shape index (κ1) is 14.3. The average Bonchev–Trinajstić information content (AvgIpc) is 2.96. The molecule has 0 spiro atoms. The van der Waals surface area contributed by atoms with Crippen LogP contribution >= 0.6 is 0 Å². The van der Waals surface area contributed by atoms with Gasteiger partial charge < -0.3 is 5.32 Å². The first-order chi connectivity index (χ1) is 8.60. The van der Waals surface area contributed by atoms with Gasteiger partial charge in [-0.3, -0.25) is 9.74 Å². The van der Waals surface area contributed by atoms with Gasteiger partial charge in [-0.1, -0.05) is 0 Å². The standard InChI is InChI=1S/C14H29N3O/c1-11(2)17-8-6-14(18-17)9-12(3)16-7-5-13(10-16)15-4/h11-15H,5-10H2,1-4H3. The Balaban J connectivity index is 1.73. The molecule has 0 aromatic carbocycles. The van der Waals surface area contributed by atoms with Crippen molar-refractivity contribution in [2.24, 2.45) is 0 Å². The van der Waals surface area contributed by atoms with E-state index in [0.717, 1.165) is 6.54 Å². The van der Waals surface area contributed by atoms with Gasteiger partial charge in [-0.05, 0) is 47.1 Å². The molecule has 0 radical (unpaired) electrons. The van der Waals surface area contributed by atoms with Gasteiger partial charge in [0.15, 0.2) is 0 Å². The maximum Gasteiger partial charge on any atom is 0.0821 e. The average molecular weight is 255 g/mol. The zero-order chi connectivity index (χ0) is 13.1. The molecule has 0 saturated carbocycles. The summed E-state index contributed by atoms with van der Waals surface area (Å²) in [5, 5.41) is 5.52. The van der Waals surface area contributed by atoms with Crippen molar-refractivity contribution in [3.05, 3.63) is 0 Å². The Morgan fingerprint density at radius 1 is 1.22 bits per heavy atom. The fourth-order valence-corrected chi connectivity index (χ4v) is 3.06. The molecule has 0 aromatic heterocycles. The lowest BCUT2D eigenvalue weighted by Gasteiger charge is -2.27. The van der Waals surface area contributed by atoms with E-state index in [1.54, 1.807) is 0 Å². The number of nitrogens with one attached hydrogen (secondary N) is 1. The van der Waals surface area contributed by atoms with E-state index in [1.165, 1.54) is 32.4 Å². The highest BCUT2D eigenvalue weighted by Crippen LogP contribution is 2.23. The van der Waals surface area contributed by atoms with Crippen molar-refractivity contribution in [1.29, 1.82) is 0 Å². The van der Waals surface area contributed by atoms with Crippen LogP contribution in [0.5, 0.6) is 0 Å². The maximum atomic E-state index is 6.00. The Bertz CT molecular complexity index is 259. The van der Waals surface area contributed by atoms with E-state index in [-0.39, 0.29) is 0 Å². The van der Waals surface area contributed by atoms with Crippen molar-refractivity contribution >= 4 is 0 Å². The minimum Gasteiger partial charge on any atom is -0.316 e. The number of likely N-dealkylation sites (N-methyl/N-ethyl adjacent to an activating group) is 1. The predicted molar refractivity (Wildman–Crippen MR) is 74.4 cm³/mol. The fraction of sp³-hybridized carbons (Fsp3) is 1.00. The zero-order valence-corrected chi connectivity index (χ0v) is 12.4. The SMILES string of the molecule is CNC1CCN(C(C)CC2CCN(C(C)C)O2)C1. The molecular weight excluding hydrogens is 226 g/mol. The molecular formula is C14H29N3O. The summed E-state index contributed by atoms with van der Waals surface area (Å²) < 4.78 is 0. The first-order valence-electron chi connectivity index (χ1n) is 7.45. The molecule has 106 valence electrons. The summed E-state index contributed by atoms with van der Waals surface area (Å²) in [6.07, 6.45) is 4.06. The summed E-state index contributed by atoms with van der Waals surface area (Å²) in [5.41, 5.74) is 0. The molecule has 0 bridgehead atoms. The van der Waals surface area contributed by atoms with E-state index in [9.17, 15) is 0 Å². The van der Waals surface area contributed by atoms with Gasteiger partial charge in [0.25, 0.3) is 0 Å². The highest BCUT2D eigenvalue weighted by atomic mass is 16.7. The molecule has 2 rings (SSSR count). The number of likely N-dealkylation sites (tertiary alicyclic amines) is 1.